The zero-order valence-corrected chi connectivity index (χ0v) is 9.09. The van der Waals surface area contributed by atoms with Gasteiger partial charge in [0.25, 0.3) is 0 Å². The van der Waals surface area contributed by atoms with Gasteiger partial charge in [-0.3, -0.25) is 0 Å². The molecule has 4 N–H and O–H groups in total. The molecule has 1 unspecified atom stereocenters. The van der Waals surface area contributed by atoms with Crippen molar-refractivity contribution in [1.82, 2.24) is 5.32 Å². The Morgan fingerprint density at radius 3 is 2.64 bits per heavy atom. The Morgan fingerprint density at radius 2 is 2.21 bits per heavy atom. The van der Waals surface area contributed by atoms with Crippen LogP contribution in [0, 0.1) is 0 Å². The van der Waals surface area contributed by atoms with Crippen molar-refractivity contribution in [3.05, 3.63) is 0 Å². The lowest BCUT2D eigenvalue weighted by molar-refractivity contribution is 0.149. The molecule has 0 spiro atoms. The lowest BCUT2D eigenvalue weighted by atomic mass is 10.2. The van der Waals surface area contributed by atoms with Gasteiger partial charge in [-0.25, -0.2) is 13.6 Å². The third-order valence-corrected chi connectivity index (χ3v) is 2.44. The number of aliphatic hydroxyl groups is 1. The fourth-order valence-corrected chi connectivity index (χ4v) is 1.41. The van der Waals surface area contributed by atoms with Gasteiger partial charge in [0.2, 0.25) is 10.0 Å². The van der Waals surface area contributed by atoms with E-state index in [0.29, 0.717) is 13.0 Å². The molecule has 0 aliphatic carbocycles. The number of rotatable bonds is 8. The second kappa shape index (κ2) is 7.13. The molecular weight excluding hydrogens is 208 g/mol. The smallest absolute Gasteiger partial charge is 0.210 e. The number of nitrogens with two attached hydrogens (primary N) is 1. The van der Waals surface area contributed by atoms with Gasteiger partial charge in [0.15, 0.2) is 0 Å². The summed E-state index contributed by atoms with van der Waals surface area (Å²) in [6, 6.07) is -0.0354. The van der Waals surface area contributed by atoms with Crippen molar-refractivity contribution in [2.45, 2.75) is 12.5 Å². The maximum absolute atomic E-state index is 10.6. The van der Waals surface area contributed by atoms with Crippen LogP contribution in [0.2, 0.25) is 0 Å². The van der Waals surface area contributed by atoms with Crippen LogP contribution < -0.4 is 10.5 Å². The Hall–Kier alpha value is -0.210. The number of aliphatic hydroxyl groups excluding tert-OH is 1. The van der Waals surface area contributed by atoms with E-state index < -0.39 is 10.0 Å². The summed E-state index contributed by atoms with van der Waals surface area (Å²) in [5.74, 6) is -0.112. The molecular formula is C7H18N2O4S. The minimum atomic E-state index is -3.42. The van der Waals surface area contributed by atoms with Crippen molar-refractivity contribution in [1.29, 1.82) is 0 Å². The van der Waals surface area contributed by atoms with Crippen LogP contribution in [0.5, 0.6) is 0 Å². The minimum absolute atomic E-state index is 0.0354. The average molecular weight is 226 g/mol. The summed E-state index contributed by atoms with van der Waals surface area (Å²) in [5, 5.41) is 16.4. The minimum Gasteiger partial charge on any atom is -0.396 e. The molecule has 7 heteroatoms. The Bertz CT molecular complexity index is 224. The first kappa shape index (κ1) is 13.8. The lowest BCUT2D eigenvalue weighted by Crippen LogP contribution is -2.38. The number of sulfonamides is 1. The fourth-order valence-electron chi connectivity index (χ4n) is 1.01. The quantitative estimate of drug-likeness (QED) is 0.456. The number of hydrogen-bond donors (Lipinski definition) is 3. The molecule has 0 heterocycles. The molecule has 0 aliphatic rings. The summed E-state index contributed by atoms with van der Waals surface area (Å²) in [4.78, 5) is 0. The maximum Gasteiger partial charge on any atom is 0.210 e. The maximum atomic E-state index is 10.6. The number of methoxy groups -OCH3 is 1. The van der Waals surface area contributed by atoms with Gasteiger partial charge in [0, 0.05) is 26.3 Å². The van der Waals surface area contributed by atoms with E-state index in [-0.39, 0.29) is 24.9 Å². The molecule has 0 aromatic rings. The standard InChI is InChI=1S/C7H18N2O4S/c1-13-6-7(2-4-10)9-3-5-14(8,11)12/h7,9-10H,2-6H2,1H3,(H2,8,11,12). The second-order valence-electron chi connectivity index (χ2n) is 2.99. The summed E-state index contributed by atoms with van der Waals surface area (Å²) >= 11 is 0. The van der Waals surface area contributed by atoms with Gasteiger partial charge >= 0.3 is 0 Å². The molecule has 0 rings (SSSR count). The third-order valence-electron chi connectivity index (χ3n) is 1.67. The largest absolute Gasteiger partial charge is 0.396 e. The van der Waals surface area contributed by atoms with Crippen LogP contribution >= 0.6 is 0 Å². The highest BCUT2D eigenvalue weighted by Gasteiger charge is 2.08. The topological polar surface area (TPSA) is 102 Å². The average Bonchev–Trinajstić information content (AvgIpc) is 2.02. The lowest BCUT2D eigenvalue weighted by Gasteiger charge is -2.16. The van der Waals surface area contributed by atoms with Crippen molar-refractivity contribution >= 4 is 10.0 Å². The molecule has 0 aromatic carbocycles. The number of primary sulfonamides is 1. The molecule has 0 fully saturated rings. The number of hydrogen-bond acceptors (Lipinski definition) is 5. The van der Waals surface area contributed by atoms with Crippen molar-refractivity contribution in [3.63, 3.8) is 0 Å². The van der Waals surface area contributed by atoms with Crippen molar-refractivity contribution in [3.8, 4) is 0 Å². The molecule has 0 radical (unpaired) electrons. The van der Waals surface area contributed by atoms with Crippen molar-refractivity contribution in [2.75, 3.05) is 32.6 Å². The van der Waals surface area contributed by atoms with Crippen LogP contribution in [0.4, 0.5) is 0 Å². The van der Waals surface area contributed by atoms with Crippen LogP contribution in [0.25, 0.3) is 0 Å². The normalized spacial score (nSPS) is 14.2. The summed E-state index contributed by atoms with van der Waals surface area (Å²) in [5.41, 5.74) is 0. The number of ether oxygens (including phenoxy) is 1. The predicted molar refractivity (Wildman–Crippen MR) is 53.3 cm³/mol. The summed E-state index contributed by atoms with van der Waals surface area (Å²) < 4.78 is 26.1. The zero-order chi connectivity index (χ0) is 11.0. The van der Waals surface area contributed by atoms with E-state index in [0.717, 1.165) is 0 Å². The Morgan fingerprint density at radius 1 is 1.57 bits per heavy atom. The van der Waals surface area contributed by atoms with Gasteiger partial charge in [-0.2, -0.15) is 0 Å². The number of nitrogens with one attached hydrogen (secondary N) is 1. The van der Waals surface area contributed by atoms with Gasteiger partial charge in [-0.1, -0.05) is 0 Å². The monoisotopic (exact) mass is 226 g/mol. The van der Waals surface area contributed by atoms with E-state index in [1.54, 1.807) is 7.11 Å². The third kappa shape index (κ3) is 8.39. The Balaban J connectivity index is 3.70. The summed E-state index contributed by atoms with van der Waals surface area (Å²) in [6.07, 6.45) is 0.526. The summed E-state index contributed by atoms with van der Waals surface area (Å²) in [6.45, 7) is 0.744. The van der Waals surface area contributed by atoms with Crippen LogP contribution in [-0.2, 0) is 14.8 Å². The molecule has 0 aromatic heterocycles. The summed E-state index contributed by atoms with van der Waals surface area (Å²) in [7, 11) is -1.87. The first-order chi connectivity index (χ1) is 6.49. The molecule has 0 bridgehead atoms. The van der Waals surface area contributed by atoms with E-state index in [4.69, 9.17) is 15.0 Å². The molecule has 0 aliphatic heterocycles. The Kier molecular flexibility index (Phi) is 7.02. The van der Waals surface area contributed by atoms with Gasteiger partial charge in [-0.05, 0) is 6.42 Å². The van der Waals surface area contributed by atoms with Gasteiger partial charge < -0.3 is 15.2 Å². The van der Waals surface area contributed by atoms with Gasteiger partial charge in [0.1, 0.15) is 0 Å². The van der Waals surface area contributed by atoms with Crippen LogP contribution in [0.3, 0.4) is 0 Å². The fraction of sp³-hybridized carbons (Fsp3) is 1.00. The van der Waals surface area contributed by atoms with Crippen LogP contribution in [0.1, 0.15) is 6.42 Å². The molecule has 6 nitrogen and oxygen atoms in total. The van der Waals surface area contributed by atoms with Crippen LogP contribution in [0.15, 0.2) is 0 Å². The van der Waals surface area contributed by atoms with E-state index in [9.17, 15) is 8.42 Å². The zero-order valence-electron chi connectivity index (χ0n) is 8.27. The SMILES string of the molecule is COCC(CCO)NCCS(N)(=O)=O. The first-order valence-electron chi connectivity index (χ1n) is 4.33. The van der Waals surface area contributed by atoms with Crippen molar-refractivity contribution < 1.29 is 18.3 Å². The molecule has 0 saturated carbocycles. The van der Waals surface area contributed by atoms with E-state index in [2.05, 4.69) is 5.32 Å². The molecule has 1 atom stereocenters. The first-order valence-corrected chi connectivity index (χ1v) is 6.05. The van der Waals surface area contributed by atoms with Crippen LogP contribution in [-0.4, -0.2) is 52.2 Å². The second-order valence-corrected chi connectivity index (χ2v) is 4.72. The molecule has 0 amide bonds. The van der Waals surface area contributed by atoms with E-state index >= 15 is 0 Å². The van der Waals surface area contributed by atoms with E-state index in [1.807, 2.05) is 0 Å². The highest BCUT2D eigenvalue weighted by atomic mass is 32.2. The highest BCUT2D eigenvalue weighted by molar-refractivity contribution is 7.89. The highest BCUT2D eigenvalue weighted by Crippen LogP contribution is 1.91. The van der Waals surface area contributed by atoms with E-state index in [1.165, 1.54) is 0 Å². The van der Waals surface area contributed by atoms with Crippen molar-refractivity contribution in [2.24, 2.45) is 5.14 Å². The Labute approximate surface area is 84.5 Å². The molecule has 0 saturated heterocycles. The molecule has 14 heavy (non-hydrogen) atoms. The van der Waals surface area contributed by atoms with Gasteiger partial charge in [-0.15, -0.1) is 0 Å². The van der Waals surface area contributed by atoms with Gasteiger partial charge in [0.05, 0.1) is 12.4 Å². The molecule has 86 valence electrons. The predicted octanol–water partition coefficient (Wildman–Crippen LogP) is -1.74.